The molecule has 8 heteroatoms. The first-order chi connectivity index (χ1) is 34.6. The fourth-order valence-corrected chi connectivity index (χ4v) is 11.0. The van der Waals surface area contributed by atoms with E-state index in [2.05, 4.69) is 206 Å². The van der Waals surface area contributed by atoms with Crippen LogP contribution in [0.2, 0.25) is 0 Å². The summed E-state index contributed by atoms with van der Waals surface area (Å²) in [6.45, 7) is 0. The Balaban J connectivity index is 0.000000441. The third-order valence-corrected chi connectivity index (χ3v) is 15.5. The number of benzene rings is 6. The van der Waals surface area contributed by atoms with Crippen LogP contribution >= 0.6 is 0 Å². The largest absolute Gasteiger partial charge is 1.00 e. The van der Waals surface area contributed by atoms with Crippen LogP contribution < -0.4 is 45.6 Å². The Labute approximate surface area is 504 Å². The van der Waals surface area contributed by atoms with Gasteiger partial charge in [0, 0.05) is 51.7 Å². The molecule has 2 aliphatic carbocycles. The predicted molar refractivity (Wildman–Crippen MR) is 313 cm³/mol. The molecule has 0 bridgehead atoms. The third-order valence-electron chi connectivity index (χ3n) is 13.0. The molecule has 10 rings (SSSR count). The van der Waals surface area contributed by atoms with E-state index in [1.54, 1.807) is 0 Å². The first kappa shape index (κ1) is 69.2. The van der Waals surface area contributed by atoms with Gasteiger partial charge in [0.1, 0.15) is 19.0 Å². The summed E-state index contributed by atoms with van der Waals surface area (Å²) in [4.78, 5) is 0. The Bertz CT molecular complexity index is 2090. The first-order valence-electron chi connectivity index (χ1n) is 27.0. The van der Waals surface area contributed by atoms with Crippen molar-refractivity contribution in [2.24, 2.45) is 0 Å². The standard InChI is InChI=1S/2C12H24N.2C12H10Si.2C9H7.2ClH.2Hf/c2*13-12-10-8-6-4-2-1-3-5-7-9-11-12;2*1-3-7-11(8-4-1)13-12-9-5-2-6-10-12;2*1-2-5-9-7-3-6-8(9)4-1;;;;/h2*12-13H,1-11H2;2*1-10H;2*1-7H;2*1H;;/q2*-1;;;2*-1;;;;/p-2. The van der Waals surface area contributed by atoms with Gasteiger partial charge in [0.15, 0.2) is 0 Å². The summed E-state index contributed by atoms with van der Waals surface area (Å²) in [6, 6.07) is 72.1. The summed E-state index contributed by atoms with van der Waals surface area (Å²) in [5.74, 6) is 0. The first-order valence-corrected chi connectivity index (χ1v) is 29.0. The van der Waals surface area contributed by atoms with Crippen LogP contribution in [0.4, 0.5) is 0 Å². The van der Waals surface area contributed by atoms with Gasteiger partial charge in [-0.1, -0.05) is 295 Å². The molecule has 74 heavy (non-hydrogen) atoms. The van der Waals surface area contributed by atoms with Crippen LogP contribution in [0.5, 0.6) is 0 Å². The van der Waals surface area contributed by atoms with Crippen molar-refractivity contribution in [1.29, 1.82) is 0 Å². The zero-order chi connectivity index (χ0) is 48.8. The van der Waals surface area contributed by atoms with Crippen molar-refractivity contribution >= 4 is 61.3 Å². The average molecular weight is 1390 g/mol. The van der Waals surface area contributed by atoms with Gasteiger partial charge in [0.05, 0.1) is 0 Å². The molecule has 4 radical (unpaired) electrons. The van der Waals surface area contributed by atoms with Crippen LogP contribution in [-0.4, -0.2) is 31.1 Å². The van der Waals surface area contributed by atoms with Crippen molar-refractivity contribution in [3.05, 3.63) is 218 Å². The average Bonchev–Trinajstić information content (AvgIpc) is 4.09. The molecular formula is C66H82Cl2Hf2N2Si2-6. The van der Waals surface area contributed by atoms with E-state index in [-0.39, 0.29) is 88.6 Å². The third kappa shape index (κ3) is 32.7. The number of hydrogen-bond donors (Lipinski definition) is 0. The molecule has 2 fully saturated rings. The van der Waals surface area contributed by atoms with Gasteiger partial charge in [-0.25, -0.2) is 0 Å². The maximum absolute atomic E-state index is 7.80. The van der Waals surface area contributed by atoms with Crippen LogP contribution in [0.25, 0.3) is 33.0 Å². The molecule has 0 atom stereocenters. The quantitative estimate of drug-likeness (QED) is 0.125. The molecule has 2 nitrogen and oxygen atoms in total. The molecule has 2 aliphatic rings. The van der Waals surface area contributed by atoms with Crippen molar-refractivity contribution in [1.82, 2.24) is 0 Å². The van der Waals surface area contributed by atoms with Gasteiger partial charge in [0.2, 0.25) is 0 Å². The van der Waals surface area contributed by atoms with Crippen LogP contribution in [0.1, 0.15) is 141 Å². The van der Waals surface area contributed by atoms with Gasteiger partial charge in [-0.2, -0.15) is 35.0 Å². The van der Waals surface area contributed by atoms with E-state index in [1.165, 1.54) is 158 Å². The number of rotatable bonds is 4. The van der Waals surface area contributed by atoms with Crippen LogP contribution in [0, 0.1) is 0 Å². The number of nitrogens with one attached hydrogen (secondary N) is 2. The molecule has 392 valence electrons. The van der Waals surface area contributed by atoms with E-state index in [1.807, 2.05) is 0 Å². The van der Waals surface area contributed by atoms with Crippen LogP contribution in [0.3, 0.4) is 0 Å². The zero-order valence-electron chi connectivity index (χ0n) is 44.1. The van der Waals surface area contributed by atoms with E-state index in [4.69, 9.17) is 11.5 Å². The Hall–Kier alpha value is -2.79. The molecule has 0 amide bonds. The Morgan fingerprint density at radius 2 is 0.500 bits per heavy atom. The van der Waals surface area contributed by atoms with E-state index in [9.17, 15) is 0 Å². The number of halogens is 2. The van der Waals surface area contributed by atoms with Crippen molar-refractivity contribution in [3.63, 3.8) is 0 Å². The molecule has 8 aromatic carbocycles. The second kappa shape index (κ2) is 46.3. The molecule has 0 aliphatic heterocycles. The summed E-state index contributed by atoms with van der Waals surface area (Å²) >= 11 is 0. The van der Waals surface area contributed by atoms with Gasteiger partial charge >= 0.3 is 0 Å². The van der Waals surface area contributed by atoms with Gasteiger partial charge in [-0.05, 0) is 0 Å². The summed E-state index contributed by atoms with van der Waals surface area (Å²) in [5, 5.41) is 10.9. The summed E-state index contributed by atoms with van der Waals surface area (Å²) in [5.41, 5.74) is 15.6. The molecule has 0 heterocycles. The van der Waals surface area contributed by atoms with E-state index >= 15 is 0 Å². The maximum Gasteiger partial charge on any atom is 0.121 e. The molecule has 0 saturated heterocycles. The van der Waals surface area contributed by atoms with Gasteiger partial charge in [0.25, 0.3) is 0 Å². The van der Waals surface area contributed by atoms with E-state index < -0.39 is 0 Å². The Morgan fingerprint density at radius 1 is 0.284 bits per heavy atom. The molecule has 2 N–H and O–H groups in total. The molecule has 2 saturated carbocycles. The smallest absolute Gasteiger partial charge is 0.121 e. The molecule has 8 aromatic rings. The second-order valence-electron chi connectivity index (χ2n) is 18.9. The Morgan fingerprint density at radius 3 is 0.743 bits per heavy atom. The van der Waals surface area contributed by atoms with Crippen molar-refractivity contribution < 1.29 is 76.5 Å². The monoisotopic (exact) mass is 1390 g/mol. The second-order valence-corrected chi connectivity index (χ2v) is 21.7. The minimum absolute atomic E-state index is 0. The SMILES string of the molecule is [Cl-].[Cl-].[Hf].[Hf].[NH-]C1CCCCCCCCCCC1.[NH-]C1CCCCCCCCCCC1.c1ccc([Si]c2ccccc2)cc1.c1ccc([Si]c2ccccc2)cc1.c1ccc2[cH-]ccc2c1.c1ccc2[cH-]ccc2c1. The van der Waals surface area contributed by atoms with Crippen molar-refractivity contribution in [2.45, 2.75) is 153 Å². The number of hydrogen-bond acceptors (Lipinski definition) is 0. The van der Waals surface area contributed by atoms with Gasteiger partial charge in [-0.3, -0.25) is 0 Å². The van der Waals surface area contributed by atoms with Gasteiger partial charge < -0.3 is 36.3 Å². The number of fused-ring (bicyclic) bond motifs is 2. The van der Waals surface area contributed by atoms with Gasteiger partial charge in [-0.15, -0.1) is 71.4 Å². The molecule has 0 spiro atoms. The summed E-state index contributed by atoms with van der Waals surface area (Å²) < 4.78 is 0. The molecule has 0 unspecified atom stereocenters. The maximum atomic E-state index is 7.80. The topological polar surface area (TPSA) is 47.6 Å². The minimum atomic E-state index is 0. The van der Waals surface area contributed by atoms with Crippen molar-refractivity contribution in [2.75, 3.05) is 0 Å². The van der Waals surface area contributed by atoms with Crippen LogP contribution in [-0.2, 0) is 51.7 Å². The molecule has 0 aromatic heterocycles. The van der Waals surface area contributed by atoms with E-state index in [0.717, 1.165) is 44.7 Å². The normalized spacial score (nSPS) is 14.6. The summed E-state index contributed by atoms with van der Waals surface area (Å²) in [6.07, 6.45) is 29.6. The predicted octanol–water partition coefficient (Wildman–Crippen LogP) is 11.2. The fourth-order valence-electron chi connectivity index (χ4n) is 8.89. The van der Waals surface area contributed by atoms with E-state index in [0.29, 0.717) is 0 Å². The summed E-state index contributed by atoms with van der Waals surface area (Å²) in [7, 11) is 1.55. The minimum Gasteiger partial charge on any atom is -1.00 e. The molecular weight excluding hydrogens is 1300 g/mol. The fraction of sp³-hybridized carbons (Fsp3) is 0.364. The Kier molecular flexibility index (Phi) is 43.3. The van der Waals surface area contributed by atoms with Crippen molar-refractivity contribution in [3.8, 4) is 0 Å². The zero-order valence-corrected chi connectivity index (χ0v) is 54.8. The van der Waals surface area contributed by atoms with Crippen LogP contribution in [0.15, 0.2) is 206 Å².